The third-order valence-electron chi connectivity index (χ3n) is 3.69. The number of hydrazine groups is 1. The summed E-state index contributed by atoms with van der Waals surface area (Å²) in [5, 5.41) is 1.21. The van der Waals surface area contributed by atoms with Crippen molar-refractivity contribution in [2.24, 2.45) is 0 Å². The molecule has 2 amide bonds. The van der Waals surface area contributed by atoms with Gasteiger partial charge >= 0.3 is 6.09 Å². The summed E-state index contributed by atoms with van der Waals surface area (Å²) in [7, 11) is 0. The highest BCUT2D eigenvalue weighted by Crippen LogP contribution is 2.21. The second-order valence-electron chi connectivity index (χ2n) is 7.27. The average Bonchev–Trinajstić information content (AvgIpc) is 2.60. The Bertz CT molecular complexity index is 778. The van der Waals surface area contributed by atoms with E-state index in [1.807, 2.05) is 43.3 Å². The smallest absolute Gasteiger partial charge is 0.429 e. The summed E-state index contributed by atoms with van der Waals surface area (Å²) in [5.74, 6) is -0.363. The van der Waals surface area contributed by atoms with Gasteiger partial charge in [0.1, 0.15) is 5.60 Å². The fraction of sp³-hybridized carbons (Fsp3) is 0.333. The first-order chi connectivity index (χ1) is 12.7. The van der Waals surface area contributed by atoms with Crippen molar-refractivity contribution in [2.75, 3.05) is 12.3 Å². The predicted octanol–water partition coefficient (Wildman–Crippen LogP) is 4.23. The molecular formula is C21H27N3O3. The van der Waals surface area contributed by atoms with Gasteiger partial charge in [-0.2, -0.15) is 0 Å². The van der Waals surface area contributed by atoms with Crippen LogP contribution in [-0.4, -0.2) is 29.2 Å². The SMILES string of the molecule is CCCN(NC(=O)c1ccc(-c2ccc(N)cc2)cc1)C(=O)OC(C)(C)C. The number of hydrogen-bond acceptors (Lipinski definition) is 4. The molecule has 6 heteroatoms. The minimum absolute atomic E-state index is 0.363. The van der Waals surface area contributed by atoms with E-state index in [1.165, 1.54) is 5.01 Å². The van der Waals surface area contributed by atoms with Gasteiger partial charge in [-0.25, -0.2) is 9.80 Å². The molecule has 0 spiro atoms. The molecule has 2 rings (SSSR count). The molecule has 0 aromatic heterocycles. The highest BCUT2D eigenvalue weighted by Gasteiger charge is 2.23. The molecule has 2 aromatic carbocycles. The van der Waals surface area contributed by atoms with Crippen molar-refractivity contribution in [3.63, 3.8) is 0 Å². The fourth-order valence-electron chi connectivity index (χ4n) is 2.41. The van der Waals surface area contributed by atoms with Gasteiger partial charge in [0.2, 0.25) is 0 Å². The first-order valence-corrected chi connectivity index (χ1v) is 8.97. The molecule has 3 N–H and O–H groups in total. The lowest BCUT2D eigenvalue weighted by Crippen LogP contribution is -2.48. The molecule has 0 aliphatic heterocycles. The zero-order valence-corrected chi connectivity index (χ0v) is 16.3. The van der Waals surface area contributed by atoms with Crippen LogP contribution >= 0.6 is 0 Å². The number of nitrogens with two attached hydrogens (primary N) is 1. The molecule has 0 bridgehead atoms. The van der Waals surface area contributed by atoms with Crippen LogP contribution in [0.3, 0.4) is 0 Å². The van der Waals surface area contributed by atoms with Gasteiger partial charge in [-0.3, -0.25) is 10.2 Å². The normalized spacial score (nSPS) is 11.0. The molecule has 0 atom stereocenters. The van der Waals surface area contributed by atoms with E-state index < -0.39 is 11.7 Å². The van der Waals surface area contributed by atoms with Gasteiger partial charge in [-0.05, 0) is 62.6 Å². The Morgan fingerprint density at radius 1 is 1.00 bits per heavy atom. The zero-order valence-electron chi connectivity index (χ0n) is 16.3. The van der Waals surface area contributed by atoms with Crippen LogP contribution in [0.15, 0.2) is 48.5 Å². The monoisotopic (exact) mass is 369 g/mol. The molecule has 0 heterocycles. The van der Waals surface area contributed by atoms with Gasteiger partial charge in [0.25, 0.3) is 5.91 Å². The van der Waals surface area contributed by atoms with Crippen molar-refractivity contribution in [1.29, 1.82) is 0 Å². The topological polar surface area (TPSA) is 84.7 Å². The van der Waals surface area contributed by atoms with Gasteiger partial charge in [0, 0.05) is 17.8 Å². The maximum atomic E-state index is 12.5. The van der Waals surface area contributed by atoms with Crippen LogP contribution in [0.1, 0.15) is 44.5 Å². The lowest BCUT2D eigenvalue weighted by Gasteiger charge is -2.27. The third-order valence-corrected chi connectivity index (χ3v) is 3.69. The maximum absolute atomic E-state index is 12.5. The van der Waals surface area contributed by atoms with Gasteiger partial charge in [-0.15, -0.1) is 0 Å². The number of nitrogen functional groups attached to an aromatic ring is 1. The summed E-state index contributed by atoms with van der Waals surface area (Å²) in [5.41, 5.74) is 10.8. The van der Waals surface area contributed by atoms with E-state index in [0.29, 0.717) is 24.2 Å². The van der Waals surface area contributed by atoms with Crippen LogP contribution in [0.4, 0.5) is 10.5 Å². The number of carbonyl (C=O) groups is 2. The number of benzene rings is 2. The number of nitrogens with one attached hydrogen (secondary N) is 1. The van der Waals surface area contributed by atoms with E-state index in [-0.39, 0.29) is 5.91 Å². The third kappa shape index (κ3) is 6.02. The molecule has 0 aliphatic carbocycles. The quantitative estimate of drug-likeness (QED) is 0.624. The zero-order chi connectivity index (χ0) is 20.0. The molecule has 0 saturated heterocycles. The molecule has 2 aromatic rings. The molecule has 27 heavy (non-hydrogen) atoms. The molecule has 0 fully saturated rings. The largest absolute Gasteiger partial charge is 0.442 e. The molecule has 0 aliphatic rings. The highest BCUT2D eigenvalue weighted by molar-refractivity contribution is 5.95. The summed E-state index contributed by atoms with van der Waals surface area (Å²) < 4.78 is 5.34. The minimum atomic E-state index is -0.630. The van der Waals surface area contributed by atoms with Crippen LogP contribution in [-0.2, 0) is 4.74 Å². The van der Waals surface area contributed by atoms with E-state index >= 15 is 0 Å². The molecule has 0 saturated carbocycles. The Morgan fingerprint density at radius 3 is 2.00 bits per heavy atom. The second-order valence-corrected chi connectivity index (χ2v) is 7.27. The van der Waals surface area contributed by atoms with Crippen LogP contribution in [0.2, 0.25) is 0 Å². The molecule has 144 valence electrons. The van der Waals surface area contributed by atoms with Crippen molar-refractivity contribution in [3.8, 4) is 11.1 Å². The number of rotatable bonds is 4. The van der Waals surface area contributed by atoms with Crippen molar-refractivity contribution in [1.82, 2.24) is 10.4 Å². The molecular weight excluding hydrogens is 342 g/mol. The van der Waals surface area contributed by atoms with Gasteiger partial charge in [0.15, 0.2) is 0 Å². The summed E-state index contributed by atoms with van der Waals surface area (Å²) in [6.07, 6.45) is 0.117. The maximum Gasteiger partial charge on any atom is 0.429 e. The van der Waals surface area contributed by atoms with Gasteiger partial charge < -0.3 is 10.5 Å². The van der Waals surface area contributed by atoms with Crippen molar-refractivity contribution in [2.45, 2.75) is 39.7 Å². The molecule has 0 radical (unpaired) electrons. The van der Waals surface area contributed by atoms with Crippen LogP contribution in [0.25, 0.3) is 11.1 Å². The minimum Gasteiger partial charge on any atom is -0.442 e. The Morgan fingerprint density at radius 2 is 1.52 bits per heavy atom. The van der Waals surface area contributed by atoms with E-state index in [4.69, 9.17) is 10.5 Å². The average molecular weight is 369 g/mol. The summed E-state index contributed by atoms with van der Waals surface area (Å²) in [6.45, 7) is 7.64. The number of amides is 2. The molecule has 6 nitrogen and oxygen atoms in total. The summed E-state index contributed by atoms with van der Waals surface area (Å²) >= 11 is 0. The number of ether oxygens (including phenoxy) is 1. The predicted molar refractivity (Wildman–Crippen MR) is 107 cm³/mol. The van der Waals surface area contributed by atoms with E-state index in [0.717, 1.165) is 11.1 Å². The lowest BCUT2D eigenvalue weighted by molar-refractivity contribution is 0.0133. The van der Waals surface area contributed by atoms with Crippen LogP contribution in [0.5, 0.6) is 0 Å². The number of anilines is 1. The van der Waals surface area contributed by atoms with Crippen molar-refractivity contribution < 1.29 is 14.3 Å². The Kier molecular flexibility index (Phi) is 6.45. The van der Waals surface area contributed by atoms with Gasteiger partial charge in [-0.1, -0.05) is 31.2 Å². The Hall–Kier alpha value is -3.02. The Balaban J connectivity index is 2.09. The van der Waals surface area contributed by atoms with E-state index in [1.54, 1.807) is 32.9 Å². The highest BCUT2D eigenvalue weighted by atomic mass is 16.6. The molecule has 0 unspecified atom stereocenters. The first kappa shape index (κ1) is 20.3. The summed E-state index contributed by atoms with van der Waals surface area (Å²) in [6, 6.07) is 14.7. The number of nitrogens with zero attached hydrogens (tertiary/aromatic N) is 1. The van der Waals surface area contributed by atoms with Crippen LogP contribution < -0.4 is 11.2 Å². The summed E-state index contributed by atoms with van der Waals surface area (Å²) in [4.78, 5) is 24.8. The van der Waals surface area contributed by atoms with E-state index in [2.05, 4.69) is 5.43 Å². The van der Waals surface area contributed by atoms with Crippen LogP contribution in [0, 0.1) is 0 Å². The first-order valence-electron chi connectivity index (χ1n) is 8.97. The van der Waals surface area contributed by atoms with Crippen molar-refractivity contribution in [3.05, 3.63) is 54.1 Å². The number of hydrogen-bond donors (Lipinski definition) is 2. The number of carbonyl (C=O) groups excluding carboxylic acids is 2. The second kappa shape index (κ2) is 8.58. The van der Waals surface area contributed by atoms with Crippen molar-refractivity contribution >= 4 is 17.7 Å². The Labute approximate surface area is 160 Å². The standard InChI is InChI=1S/C21H27N3O3/c1-5-14-24(20(26)27-21(2,3)4)23-19(25)17-8-6-15(7-9-17)16-10-12-18(22)13-11-16/h6-13H,5,14,22H2,1-4H3,(H,23,25). The fourth-order valence-corrected chi connectivity index (χ4v) is 2.41. The van der Waals surface area contributed by atoms with Gasteiger partial charge in [0.05, 0.1) is 0 Å². The lowest BCUT2D eigenvalue weighted by atomic mass is 10.0. The van der Waals surface area contributed by atoms with E-state index in [9.17, 15) is 9.59 Å².